The number of hydrogen-bond acceptors (Lipinski definition) is 1. The minimum absolute atomic E-state index is 0.541. The van der Waals surface area contributed by atoms with Gasteiger partial charge in [0.1, 0.15) is 5.75 Å². The summed E-state index contributed by atoms with van der Waals surface area (Å²) in [6.07, 6.45) is 5.48. The molecule has 1 nitrogen and oxygen atoms in total. The standard InChI is InChI=1S/C15H22O/c1-12(2)14-9-5-6-10-15(14)16-11-13-7-3-4-8-13/h5-6,9-10,12-13H,3-4,7-8,11H2,1-2H3. The Bertz CT molecular complexity index is 324. The second-order valence-electron chi connectivity index (χ2n) is 5.15. The summed E-state index contributed by atoms with van der Waals surface area (Å²) in [6.45, 7) is 5.35. The monoisotopic (exact) mass is 218 g/mol. The van der Waals surface area contributed by atoms with Crippen LogP contribution in [-0.4, -0.2) is 6.61 Å². The van der Waals surface area contributed by atoms with E-state index in [-0.39, 0.29) is 0 Å². The molecule has 0 spiro atoms. The molecule has 2 rings (SSSR count). The Morgan fingerprint density at radius 3 is 2.56 bits per heavy atom. The zero-order chi connectivity index (χ0) is 11.4. The van der Waals surface area contributed by atoms with Crippen LogP contribution in [0.3, 0.4) is 0 Å². The topological polar surface area (TPSA) is 9.23 Å². The maximum absolute atomic E-state index is 5.98. The predicted molar refractivity (Wildman–Crippen MR) is 68.0 cm³/mol. The molecule has 88 valence electrons. The van der Waals surface area contributed by atoms with Gasteiger partial charge in [0.15, 0.2) is 0 Å². The zero-order valence-corrected chi connectivity index (χ0v) is 10.4. The third-order valence-corrected chi connectivity index (χ3v) is 3.49. The van der Waals surface area contributed by atoms with E-state index in [2.05, 4.69) is 38.1 Å². The van der Waals surface area contributed by atoms with Crippen molar-refractivity contribution in [2.24, 2.45) is 5.92 Å². The molecule has 1 aromatic rings. The molecule has 1 aromatic carbocycles. The quantitative estimate of drug-likeness (QED) is 0.728. The molecular formula is C15H22O. The van der Waals surface area contributed by atoms with Crippen molar-refractivity contribution < 1.29 is 4.74 Å². The normalized spacial score (nSPS) is 16.9. The second kappa shape index (κ2) is 5.38. The lowest BCUT2D eigenvalue weighted by Gasteiger charge is -2.16. The molecule has 0 radical (unpaired) electrons. The van der Waals surface area contributed by atoms with Crippen LogP contribution in [0, 0.1) is 5.92 Å². The van der Waals surface area contributed by atoms with E-state index in [1.54, 1.807) is 0 Å². The molecule has 0 amide bonds. The van der Waals surface area contributed by atoms with E-state index in [1.165, 1.54) is 31.2 Å². The van der Waals surface area contributed by atoms with E-state index >= 15 is 0 Å². The molecular weight excluding hydrogens is 196 g/mol. The molecule has 0 aliphatic heterocycles. The van der Waals surface area contributed by atoms with Crippen LogP contribution in [0.2, 0.25) is 0 Å². The zero-order valence-electron chi connectivity index (χ0n) is 10.4. The average Bonchev–Trinajstić information content (AvgIpc) is 2.79. The van der Waals surface area contributed by atoms with Gasteiger partial charge in [-0.15, -0.1) is 0 Å². The third kappa shape index (κ3) is 2.78. The van der Waals surface area contributed by atoms with Crippen LogP contribution in [-0.2, 0) is 0 Å². The number of ether oxygens (including phenoxy) is 1. The molecule has 0 saturated heterocycles. The molecule has 1 aliphatic rings. The summed E-state index contributed by atoms with van der Waals surface area (Å²) in [5.74, 6) is 2.42. The fraction of sp³-hybridized carbons (Fsp3) is 0.600. The number of para-hydroxylation sites is 1. The van der Waals surface area contributed by atoms with Gasteiger partial charge in [-0.2, -0.15) is 0 Å². The first-order valence-corrected chi connectivity index (χ1v) is 6.49. The van der Waals surface area contributed by atoms with E-state index in [0.29, 0.717) is 5.92 Å². The molecule has 1 fully saturated rings. The maximum atomic E-state index is 5.98. The fourth-order valence-electron chi connectivity index (χ4n) is 2.47. The molecule has 1 heteroatoms. The Morgan fingerprint density at radius 2 is 1.88 bits per heavy atom. The van der Waals surface area contributed by atoms with Crippen LogP contribution in [0.1, 0.15) is 51.0 Å². The minimum Gasteiger partial charge on any atom is -0.493 e. The summed E-state index contributed by atoms with van der Waals surface area (Å²) in [7, 11) is 0. The number of benzene rings is 1. The van der Waals surface area contributed by atoms with Gasteiger partial charge in [0, 0.05) is 0 Å². The largest absolute Gasteiger partial charge is 0.493 e. The van der Waals surface area contributed by atoms with Crippen molar-refractivity contribution in [2.75, 3.05) is 6.61 Å². The first kappa shape index (κ1) is 11.5. The molecule has 1 aliphatic carbocycles. The van der Waals surface area contributed by atoms with Gasteiger partial charge in [-0.3, -0.25) is 0 Å². The highest BCUT2D eigenvalue weighted by atomic mass is 16.5. The SMILES string of the molecule is CC(C)c1ccccc1OCC1CCCC1. The van der Waals surface area contributed by atoms with Gasteiger partial charge in [-0.25, -0.2) is 0 Å². The summed E-state index contributed by atoms with van der Waals surface area (Å²) in [4.78, 5) is 0. The van der Waals surface area contributed by atoms with Crippen LogP contribution < -0.4 is 4.74 Å². The van der Waals surface area contributed by atoms with E-state index < -0.39 is 0 Å². The van der Waals surface area contributed by atoms with E-state index in [4.69, 9.17) is 4.74 Å². The van der Waals surface area contributed by atoms with E-state index in [9.17, 15) is 0 Å². The summed E-state index contributed by atoms with van der Waals surface area (Å²) >= 11 is 0. The molecule has 0 aromatic heterocycles. The van der Waals surface area contributed by atoms with E-state index in [0.717, 1.165) is 18.3 Å². The molecule has 0 bridgehead atoms. The van der Waals surface area contributed by atoms with Crippen LogP contribution in [0.4, 0.5) is 0 Å². The lowest BCUT2D eigenvalue weighted by atomic mass is 10.0. The Hall–Kier alpha value is -0.980. The third-order valence-electron chi connectivity index (χ3n) is 3.49. The first-order valence-electron chi connectivity index (χ1n) is 6.49. The average molecular weight is 218 g/mol. The summed E-state index contributed by atoms with van der Waals surface area (Å²) in [6, 6.07) is 8.44. The Morgan fingerprint density at radius 1 is 1.19 bits per heavy atom. The molecule has 16 heavy (non-hydrogen) atoms. The van der Waals surface area contributed by atoms with Crippen molar-refractivity contribution in [3.8, 4) is 5.75 Å². The molecule has 0 heterocycles. The van der Waals surface area contributed by atoms with Crippen molar-refractivity contribution in [2.45, 2.75) is 45.4 Å². The highest BCUT2D eigenvalue weighted by Crippen LogP contribution is 2.29. The molecule has 1 saturated carbocycles. The molecule has 0 N–H and O–H groups in total. The van der Waals surface area contributed by atoms with Crippen LogP contribution in [0.15, 0.2) is 24.3 Å². The van der Waals surface area contributed by atoms with Gasteiger partial charge < -0.3 is 4.74 Å². The molecule has 0 atom stereocenters. The van der Waals surface area contributed by atoms with Crippen molar-refractivity contribution in [1.29, 1.82) is 0 Å². The van der Waals surface area contributed by atoms with Crippen molar-refractivity contribution in [1.82, 2.24) is 0 Å². The van der Waals surface area contributed by atoms with Crippen molar-refractivity contribution in [3.63, 3.8) is 0 Å². The molecule has 0 unspecified atom stereocenters. The van der Waals surface area contributed by atoms with Gasteiger partial charge in [0.2, 0.25) is 0 Å². The first-order chi connectivity index (χ1) is 7.77. The van der Waals surface area contributed by atoms with E-state index in [1.807, 2.05) is 0 Å². The fourth-order valence-corrected chi connectivity index (χ4v) is 2.47. The Balaban J connectivity index is 1.97. The lowest BCUT2D eigenvalue weighted by molar-refractivity contribution is 0.249. The smallest absolute Gasteiger partial charge is 0.122 e. The number of hydrogen-bond donors (Lipinski definition) is 0. The summed E-state index contributed by atoms with van der Waals surface area (Å²) < 4.78 is 5.98. The van der Waals surface area contributed by atoms with Crippen molar-refractivity contribution >= 4 is 0 Å². The summed E-state index contributed by atoms with van der Waals surface area (Å²) in [5.41, 5.74) is 1.33. The summed E-state index contributed by atoms with van der Waals surface area (Å²) in [5, 5.41) is 0. The van der Waals surface area contributed by atoms with Crippen molar-refractivity contribution in [3.05, 3.63) is 29.8 Å². The lowest BCUT2D eigenvalue weighted by Crippen LogP contribution is -2.09. The van der Waals surface area contributed by atoms with Gasteiger partial charge in [0.05, 0.1) is 6.61 Å². The van der Waals surface area contributed by atoms with Gasteiger partial charge in [0.25, 0.3) is 0 Å². The van der Waals surface area contributed by atoms with Gasteiger partial charge in [-0.1, -0.05) is 44.9 Å². The Kier molecular flexibility index (Phi) is 3.87. The van der Waals surface area contributed by atoms with Crippen LogP contribution in [0.5, 0.6) is 5.75 Å². The second-order valence-corrected chi connectivity index (χ2v) is 5.15. The van der Waals surface area contributed by atoms with Gasteiger partial charge >= 0.3 is 0 Å². The maximum Gasteiger partial charge on any atom is 0.122 e. The number of rotatable bonds is 4. The predicted octanol–water partition coefficient (Wildman–Crippen LogP) is 4.38. The van der Waals surface area contributed by atoms with Crippen LogP contribution >= 0.6 is 0 Å². The highest BCUT2D eigenvalue weighted by molar-refractivity contribution is 5.35. The Labute approximate surface area is 98.8 Å². The highest BCUT2D eigenvalue weighted by Gasteiger charge is 2.16. The van der Waals surface area contributed by atoms with Crippen LogP contribution in [0.25, 0.3) is 0 Å². The minimum atomic E-state index is 0.541. The van der Waals surface area contributed by atoms with Gasteiger partial charge in [-0.05, 0) is 36.3 Å².